The quantitative estimate of drug-likeness (QED) is 0.538. The molecular weight excluding hydrogens is 362 g/mol. The van der Waals surface area contributed by atoms with E-state index in [4.69, 9.17) is 9.72 Å². The molecule has 0 aliphatic heterocycles. The van der Waals surface area contributed by atoms with Crippen LogP contribution in [0.3, 0.4) is 0 Å². The summed E-state index contributed by atoms with van der Waals surface area (Å²) in [5.74, 6) is 1.52. The van der Waals surface area contributed by atoms with Crippen molar-refractivity contribution in [2.45, 2.75) is 12.5 Å². The van der Waals surface area contributed by atoms with Crippen molar-refractivity contribution in [3.8, 4) is 5.75 Å². The fourth-order valence-corrected chi connectivity index (χ4v) is 3.48. The first kappa shape index (κ1) is 18.7. The molecular formula is C24H23N3O2. The Morgan fingerprint density at radius 2 is 1.69 bits per heavy atom. The third-order valence-electron chi connectivity index (χ3n) is 5.13. The number of aromatic nitrogens is 2. The average Bonchev–Trinajstić information content (AvgIpc) is 3.09. The van der Waals surface area contributed by atoms with E-state index in [1.54, 1.807) is 31.4 Å². The van der Waals surface area contributed by atoms with Crippen molar-refractivity contribution >= 4 is 16.9 Å². The van der Waals surface area contributed by atoms with Gasteiger partial charge in [0.15, 0.2) is 0 Å². The Morgan fingerprint density at radius 1 is 1.00 bits per heavy atom. The fourth-order valence-electron chi connectivity index (χ4n) is 3.48. The number of rotatable bonds is 6. The van der Waals surface area contributed by atoms with Gasteiger partial charge in [-0.15, -0.1) is 0 Å². The fraction of sp³-hybridized carbons (Fsp3) is 0.167. The van der Waals surface area contributed by atoms with Crippen LogP contribution in [-0.2, 0) is 13.5 Å². The lowest BCUT2D eigenvalue weighted by Crippen LogP contribution is -2.30. The van der Waals surface area contributed by atoms with Crippen LogP contribution in [0.15, 0.2) is 78.9 Å². The molecule has 1 atom stereocenters. The van der Waals surface area contributed by atoms with Gasteiger partial charge in [-0.2, -0.15) is 0 Å². The number of nitrogens with zero attached hydrogens (tertiary/aromatic N) is 2. The van der Waals surface area contributed by atoms with Crippen molar-refractivity contribution in [3.05, 3.63) is 95.8 Å². The summed E-state index contributed by atoms with van der Waals surface area (Å²) in [7, 11) is 3.62. The Labute approximate surface area is 170 Å². The van der Waals surface area contributed by atoms with Crippen molar-refractivity contribution in [1.82, 2.24) is 14.9 Å². The van der Waals surface area contributed by atoms with E-state index >= 15 is 0 Å². The van der Waals surface area contributed by atoms with Crippen molar-refractivity contribution in [2.24, 2.45) is 7.05 Å². The van der Waals surface area contributed by atoms with E-state index < -0.39 is 0 Å². The maximum absolute atomic E-state index is 12.9. The summed E-state index contributed by atoms with van der Waals surface area (Å²) < 4.78 is 7.27. The normalized spacial score (nSPS) is 11.9. The van der Waals surface area contributed by atoms with Crippen LogP contribution in [0.4, 0.5) is 0 Å². The molecule has 3 aromatic carbocycles. The molecule has 29 heavy (non-hydrogen) atoms. The number of amides is 1. The Hall–Kier alpha value is -3.60. The van der Waals surface area contributed by atoms with E-state index in [2.05, 4.69) is 16.0 Å². The smallest absolute Gasteiger partial charge is 0.251 e. The number of methoxy groups -OCH3 is 1. The monoisotopic (exact) mass is 385 g/mol. The van der Waals surface area contributed by atoms with Crippen molar-refractivity contribution in [1.29, 1.82) is 0 Å². The van der Waals surface area contributed by atoms with Crippen LogP contribution in [0.5, 0.6) is 5.75 Å². The first-order chi connectivity index (χ1) is 14.2. The van der Waals surface area contributed by atoms with E-state index in [1.807, 2.05) is 55.6 Å². The highest BCUT2D eigenvalue weighted by Crippen LogP contribution is 2.22. The van der Waals surface area contributed by atoms with Gasteiger partial charge in [0.1, 0.15) is 11.6 Å². The number of hydrogen-bond acceptors (Lipinski definition) is 3. The second-order valence-corrected chi connectivity index (χ2v) is 6.95. The zero-order valence-electron chi connectivity index (χ0n) is 16.5. The summed E-state index contributed by atoms with van der Waals surface area (Å²) in [6.45, 7) is 0. The Morgan fingerprint density at radius 3 is 2.38 bits per heavy atom. The van der Waals surface area contributed by atoms with Crippen LogP contribution < -0.4 is 10.1 Å². The number of nitrogens with one attached hydrogen (secondary N) is 1. The molecule has 5 nitrogen and oxygen atoms in total. The van der Waals surface area contributed by atoms with Gasteiger partial charge in [-0.1, -0.05) is 42.5 Å². The molecule has 0 radical (unpaired) electrons. The van der Waals surface area contributed by atoms with E-state index in [0.717, 1.165) is 28.2 Å². The number of para-hydroxylation sites is 2. The van der Waals surface area contributed by atoms with Crippen LogP contribution >= 0.6 is 0 Å². The molecule has 1 amide bonds. The predicted octanol–water partition coefficient (Wildman–Crippen LogP) is 4.30. The summed E-state index contributed by atoms with van der Waals surface area (Å²) >= 11 is 0. The Kier molecular flexibility index (Phi) is 5.29. The molecule has 0 saturated heterocycles. The van der Waals surface area contributed by atoms with Gasteiger partial charge in [0, 0.05) is 19.0 Å². The topological polar surface area (TPSA) is 56.1 Å². The molecule has 1 heterocycles. The average molecular weight is 385 g/mol. The second kappa shape index (κ2) is 8.19. The summed E-state index contributed by atoms with van der Waals surface area (Å²) in [6.07, 6.45) is 0.594. The van der Waals surface area contributed by atoms with Gasteiger partial charge >= 0.3 is 0 Å². The molecule has 0 fully saturated rings. The minimum absolute atomic E-state index is 0.125. The van der Waals surface area contributed by atoms with Gasteiger partial charge in [0.05, 0.1) is 24.2 Å². The van der Waals surface area contributed by atoms with Gasteiger partial charge in [-0.05, 0) is 42.0 Å². The summed E-state index contributed by atoms with van der Waals surface area (Å²) in [6, 6.07) is 25.0. The molecule has 1 N–H and O–H groups in total. The number of ether oxygens (including phenoxy) is 1. The number of carbonyl (C=O) groups excluding carboxylic acids is 1. The molecule has 4 rings (SSSR count). The standard InChI is InChI=1S/C24H23N3O2/c1-27-22-11-7-6-10-20(22)25-23(27)16-21(17-8-4-3-5-9-17)26-24(28)18-12-14-19(29-2)15-13-18/h3-15,21H,16H2,1-2H3,(H,26,28). The largest absolute Gasteiger partial charge is 0.497 e. The van der Waals surface area contributed by atoms with Gasteiger partial charge in [0.2, 0.25) is 0 Å². The molecule has 1 aromatic heterocycles. The van der Waals surface area contributed by atoms with Crippen molar-refractivity contribution in [2.75, 3.05) is 7.11 Å². The highest BCUT2D eigenvalue weighted by atomic mass is 16.5. The number of fused-ring (bicyclic) bond motifs is 1. The molecule has 0 saturated carbocycles. The van der Waals surface area contributed by atoms with Crippen LogP contribution in [0.25, 0.3) is 11.0 Å². The first-order valence-corrected chi connectivity index (χ1v) is 9.56. The molecule has 0 aliphatic carbocycles. The van der Waals surface area contributed by atoms with Crippen LogP contribution in [0.1, 0.15) is 27.8 Å². The van der Waals surface area contributed by atoms with Crippen LogP contribution in [0, 0.1) is 0 Å². The van der Waals surface area contributed by atoms with Gasteiger partial charge < -0.3 is 14.6 Å². The van der Waals surface area contributed by atoms with Gasteiger partial charge in [0.25, 0.3) is 5.91 Å². The summed E-state index contributed by atoms with van der Waals surface area (Å²) in [4.78, 5) is 17.7. The lowest BCUT2D eigenvalue weighted by atomic mass is 10.0. The minimum Gasteiger partial charge on any atom is -0.497 e. The maximum atomic E-state index is 12.9. The van der Waals surface area contributed by atoms with Crippen molar-refractivity contribution < 1.29 is 9.53 Å². The highest BCUT2D eigenvalue weighted by Gasteiger charge is 2.19. The third-order valence-corrected chi connectivity index (χ3v) is 5.13. The third kappa shape index (κ3) is 3.99. The summed E-state index contributed by atoms with van der Waals surface area (Å²) in [5.41, 5.74) is 3.67. The molecule has 0 spiro atoms. The van der Waals surface area contributed by atoms with E-state index in [0.29, 0.717) is 12.0 Å². The van der Waals surface area contributed by atoms with Gasteiger partial charge in [-0.3, -0.25) is 4.79 Å². The van der Waals surface area contributed by atoms with Gasteiger partial charge in [-0.25, -0.2) is 4.98 Å². The Bertz CT molecular complexity index is 1120. The molecule has 0 aliphatic rings. The maximum Gasteiger partial charge on any atom is 0.251 e. The lowest BCUT2D eigenvalue weighted by Gasteiger charge is -2.19. The highest BCUT2D eigenvalue weighted by molar-refractivity contribution is 5.94. The van der Waals surface area contributed by atoms with E-state index in [-0.39, 0.29) is 11.9 Å². The zero-order chi connectivity index (χ0) is 20.2. The molecule has 0 bridgehead atoms. The molecule has 5 heteroatoms. The van der Waals surface area contributed by atoms with Crippen molar-refractivity contribution in [3.63, 3.8) is 0 Å². The number of imidazole rings is 1. The summed E-state index contributed by atoms with van der Waals surface area (Å²) in [5, 5.41) is 3.17. The number of benzene rings is 3. The van der Waals surface area contributed by atoms with E-state index in [9.17, 15) is 4.79 Å². The van der Waals surface area contributed by atoms with Crippen LogP contribution in [0.2, 0.25) is 0 Å². The molecule has 4 aromatic rings. The zero-order valence-corrected chi connectivity index (χ0v) is 16.5. The SMILES string of the molecule is COc1ccc(C(=O)NC(Cc2nc3ccccc3n2C)c2ccccc2)cc1. The number of carbonyl (C=O) groups is 1. The molecule has 146 valence electrons. The van der Waals surface area contributed by atoms with Crippen LogP contribution in [-0.4, -0.2) is 22.6 Å². The molecule has 1 unspecified atom stereocenters. The van der Waals surface area contributed by atoms with E-state index in [1.165, 1.54) is 0 Å². The first-order valence-electron chi connectivity index (χ1n) is 9.56. The lowest BCUT2D eigenvalue weighted by molar-refractivity contribution is 0.0936. The number of hydrogen-bond donors (Lipinski definition) is 1. The number of aryl methyl sites for hydroxylation is 1. The predicted molar refractivity (Wildman–Crippen MR) is 114 cm³/mol. The Balaban J connectivity index is 1.62. The second-order valence-electron chi connectivity index (χ2n) is 6.95. The minimum atomic E-state index is -0.193.